The van der Waals surface area contributed by atoms with Crippen molar-refractivity contribution >= 4 is 21.8 Å². The quantitative estimate of drug-likeness (QED) is 0.745. The molecule has 3 rings (SSSR count). The minimum Gasteiger partial charge on any atom is -0.507 e. The van der Waals surface area contributed by atoms with Gasteiger partial charge in [0.2, 0.25) is 0 Å². The SMILES string of the molecule is CCS(=O)c1cc(=O)c2c(O)cc(O)c(C3CCN(C)CC3O)c2o1. The van der Waals surface area contributed by atoms with E-state index in [1.165, 1.54) is 0 Å². The summed E-state index contributed by atoms with van der Waals surface area (Å²) >= 11 is 0. The van der Waals surface area contributed by atoms with Gasteiger partial charge >= 0.3 is 0 Å². The second kappa shape index (κ2) is 6.78. The van der Waals surface area contributed by atoms with Gasteiger partial charge < -0.3 is 24.6 Å². The maximum Gasteiger partial charge on any atom is 0.197 e. The van der Waals surface area contributed by atoms with E-state index in [-0.39, 0.29) is 33.1 Å². The van der Waals surface area contributed by atoms with Crippen LogP contribution in [0.2, 0.25) is 0 Å². The van der Waals surface area contributed by atoms with Gasteiger partial charge in [0.15, 0.2) is 16.1 Å². The second-order valence-corrected chi connectivity index (χ2v) is 7.99. The summed E-state index contributed by atoms with van der Waals surface area (Å²) in [5.74, 6) is -0.832. The van der Waals surface area contributed by atoms with Crippen LogP contribution < -0.4 is 5.43 Å². The number of hydrogen-bond acceptors (Lipinski definition) is 7. The van der Waals surface area contributed by atoms with Crippen molar-refractivity contribution < 1.29 is 23.9 Å². The van der Waals surface area contributed by atoms with Crippen LogP contribution in [0.3, 0.4) is 0 Å². The Labute approximate surface area is 147 Å². The standard InChI is InChI=1S/C17H21NO6S/c1-3-25(23)14-7-12(21)16-11(20)6-10(19)15(17(16)24-14)9-4-5-18(2)8-13(9)22/h6-7,9,13,19-20,22H,3-5,8H2,1-2H3. The van der Waals surface area contributed by atoms with Gasteiger partial charge in [-0.2, -0.15) is 0 Å². The van der Waals surface area contributed by atoms with E-state index in [0.29, 0.717) is 19.5 Å². The average molecular weight is 367 g/mol. The number of phenolic OH excluding ortho intramolecular Hbond substituents is 2. The fourth-order valence-corrected chi connectivity index (χ4v) is 4.04. The first-order valence-electron chi connectivity index (χ1n) is 8.11. The van der Waals surface area contributed by atoms with Crippen LogP contribution in [0.1, 0.15) is 24.8 Å². The van der Waals surface area contributed by atoms with Gasteiger partial charge in [0, 0.05) is 35.9 Å². The zero-order valence-electron chi connectivity index (χ0n) is 14.1. The molecule has 0 aliphatic carbocycles. The lowest BCUT2D eigenvalue weighted by atomic mass is 9.85. The number of likely N-dealkylation sites (tertiary alicyclic amines) is 1. The largest absolute Gasteiger partial charge is 0.507 e. The molecule has 0 saturated carbocycles. The third kappa shape index (κ3) is 3.17. The molecular formula is C17H21NO6S. The maximum atomic E-state index is 12.4. The molecule has 1 fully saturated rings. The Bertz CT molecular complexity index is 893. The highest BCUT2D eigenvalue weighted by atomic mass is 32.2. The Morgan fingerprint density at radius 3 is 2.68 bits per heavy atom. The van der Waals surface area contributed by atoms with Crippen LogP contribution in [-0.4, -0.2) is 56.4 Å². The first-order valence-corrected chi connectivity index (χ1v) is 9.43. The molecule has 8 heteroatoms. The summed E-state index contributed by atoms with van der Waals surface area (Å²) in [5, 5.41) is 30.8. The van der Waals surface area contributed by atoms with Crippen molar-refractivity contribution in [3.8, 4) is 11.5 Å². The highest BCUT2D eigenvalue weighted by Crippen LogP contribution is 2.41. The molecule has 3 unspecified atom stereocenters. The summed E-state index contributed by atoms with van der Waals surface area (Å²) in [6, 6.07) is 2.20. The summed E-state index contributed by atoms with van der Waals surface area (Å²) < 4.78 is 17.7. The molecule has 2 aromatic rings. The normalized spacial score (nSPS) is 23.0. The Hall–Kier alpha value is -1.90. The van der Waals surface area contributed by atoms with Gasteiger partial charge in [0.25, 0.3) is 0 Å². The number of aliphatic hydroxyl groups is 1. The smallest absolute Gasteiger partial charge is 0.197 e. The minimum absolute atomic E-state index is 0.00426. The summed E-state index contributed by atoms with van der Waals surface area (Å²) in [6.45, 7) is 2.81. The zero-order chi connectivity index (χ0) is 18.3. The molecule has 3 N–H and O–H groups in total. The number of benzene rings is 1. The molecule has 3 atom stereocenters. The van der Waals surface area contributed by atoms with Crippen LogP contribution >= 0.6 is 0 Å². The van der Waals surface area contributed by atoms with Crippen molar-refractivity contribution in [1.82, 2.24) is 4.90 Å². The van der Waals surface area contributed by atoms with Crippen molar-refractivity contribution in [2.45, 2.75) is 30.5 Å². The van der Waals surface area contributed by atoms with Gasteiger partial charge in [-0.05, 0) is 20.0 Å². The van der Waals surface area contributed by atoms with Gasteiger partial charge in [-0.15, -0.1) is 0 Å². The number of β-amino-alcohol motifs (C(OH)–C–C–N with tert-alkyl or cyclic N) is 1. The molecule has 1 aliphatic rings. The molecule has 2 heterocycles. The third-order valence-corrected chi connectivity index (χ3v) is 5.79. The molecule has 1 aromatic carbocycles. The molecule has 0 spiro atoms. The van der Waals surface area contributed by atoms with Crippen LogP contribution in [0.4, 0.5) is 0 Å². The molecule has 1 saturated heterocycles. The van der Waals surface area contributed by atoms with Crippen LogP contribution in [0.15, 0.2) is 26.4 Å². The second-order valence-electron chi connectivity index (χ2n) is 6.32. The molecule has 0 amide bonds. The number of fused-ring (bicyclic) bond motifs is 1. The minimum atomic E-state index is -1.50. The van der Waals surface area contributed by atoms with Crippen LogP contribution in [-0.2, 0) is 10.8 Å². The van der Waals surface area contributed by atoms with E-state index >= 15 is 0 Å². The number of phenols is 2. The van der Waals surface area contributed by atoms with Gasteiger partial charge in [-0.25, -0.2) is 0 Å². The van der Waals surface area contributed by atoms with Crippen molar-refractivity contribution in [1.29, 1.82) is 0 Å². The Morgan fingerprint density at radius 1 is 1.32 bits per heavy atom. The molecule has 1 aliphatic heterocycles. The van der Waals surface area contributed by atoms with Gasteiger partial charge in [0.05, 0.1) is 16.9 Å². The maximum absolute atomic E-state index is 12.4. The Balaban J connectivity index is 2.28. The molecule has 136 valence electrons. The number of aromatic hydroxyl groups is 2. The fraction of sp³-hybridized carbons (Fsp3) is 0.471. The van der Waals surface area contributed by atoms with Crippen molar-refractivity contribution in [3.63, 3.8) is 0 Å². The molecule has 0 radical (unpaired) electrons. The highest BCUT2D eigenvalue weighted by molar-refractivity contribution is 7.84. The summed E-state index contributed by atoms with van der Waals surface area (Å²) in [7, 11) is 0.388. The molecular weight excluding hydrogens is 346 g/mol. The molecule has 25 heavy (non-hydrogen) atoms. The first kappa shape index (κ1) is 17.9. The zero-order valence-corrected chi connectivity index (χ0v) is 14.9. The van der Waals surface area contributed by atoms with Gasteiger partial charge in [-0.3, -0.25) is 9.00 Å². The lowest BCUT2D eigenvalue weighted by molar-refractivity contribution is 0.0630. The molecule has 7 nitrogen and oxygen atoms in total. The number of likely N-dealkylation sites (N-methyl/N-ethyl adjacent to an activating group) is 1. The van der Waals surface area contributed by atoms with E-state index in [1.54, 1.807) is 6.92 Å². The van der Waals surface area contributed by atoms with Crippen LogP contribution in [0.5, 0.6) is 11.5 Å². The summed E-state index contributed by atoms with van der Waals surface area (Å²) in [5.41, 5.74) is -0.255. The van der Waals surface area contributed by atoms with E-state index in [9.17, 15) is 24.3 Å². The third-order valence-electron chi connectivity index (χ3n) is 4.62. The van der Waals surface area contributed by atoms with Crippen LogP contribution in [0, 0.1) is 0 Å². The monoisotopic (exact) mass is 367 g/mol. The van der Waals surface area contributed by atoms with E-state index in [4.69, 9.17) is 4.42 Å². The van der Waals surface area contributed by atoms with Crippen molar-refractivity contribution in [3.05, 3.63) is 27.9 Å². The topological polar surface area (TPSA) is 111 Å². The summed E-state index contributed by atoms with van der Waals surface area (Å²) in [4.78, 5) is 14.4. The number of hydrogen-bond donors (Lipinski definition) is 3. The van der Waals surface area contributed by atoms with Gasteiger partial charge in [-0.1, -0.05) is 6.92 Å². The number of nitrogens with zero attached hydrogens (tertiary/aromatic N) is 1. The number of piperidine rings is 1. The lowest BCUT2D eigenvalue weighted by Gasteiger charge is -2.34. The Morgan fingerprint density at radius 2 is 2.04 bits per heavy atom. The van der Waals surface area contributed by atoms with E-state index in [1.807, 2.05) is 11.9 Å². The van der Waals surface area contributed by atoms with Crippen molar-refractivity contribution in [2.75, 3.05) is 25.9 Å². The van der Waals surface area contributed by atoms with E-state index < -0.39 is 34.0 Å². The predicted molar refractivity (Wildman–Crippen MR) is 93.6 cm³/mol. The lowest BCUT2D eigenvalue weighted by Crippen LogP contribution is -2.40. The average Bonchev–Trinajstić information content (AvgIpc) is 2.55. The molecule has 1 aromatic heterocycles. The van der Waals surface area contributed by atoms with Crippen LogP contribution in [0.25, 0.3) is 11.0 Å². The number of rotatable bonds is 3. The molecule has 0 bridgehead atoms. The predicted octanol–water partition coefficient (Wildman–Crippen LogP) is 1.11. The van der Waals surface area contributed by atoms with E-state index in [2.05, 4.69) is 0 Å². The van der Waals surface area contributed by atoms with Gasteiger partial charge in [0.1, 0.15) is 16.9 Å². The van der Waals surface area contributed by atoms with Crippen molar-refractivity contribution in [2.24, 2.45) is 0 Å². The fourth-order valence-electron chi connectivity index (χ4n) is 3.34. The number of aliphatic hydroxyl groups excluding tert-OH is 1. The summed E-state index contributed by atoms with van der Waals surface area (Å²) in [6.07, 6.45) is -0.210. The Kier molecular flexibility index (Phi) is 4.86. The highest BCUT2D eigenvalue weighted by Gasteiger charge is 2.33. The first-order chi connectivity index (χ1) is 11.8. The van der Waals surface area contributed by atoms with E-state index in [0.717, 1.165) is 12.1 Å².